The van der Waals surface area contributed by atoms with E-state index in [0.717, 1.165) is 10.0 Å². The van der Waals surface area contributed by atoms with Crippen LogP contribution in [0.4, 0.5) is 0 Å². The van der Waals surface area contributed by atoms with Crippen molar-refractivity contribution in [2.75, 3.05) is 0 Å². The molecule has 1 heterocycles. The molecule has 0 saturated carbocycles. The predicted molar refractivity (Wildman–Crippen MR) is 70.7 cm³/mol. The molecule has 2 aromatic rings. The molecule has 0 radical (unpaired) electrons. The minimum Gasteiger partial charge on any atom is -0.378 e. The average molecular weight is 312 g/mol. The molecule has 0 aliphatic heterocycles. The first-order valence-electron chi connectivity index (χ1n) is 5.45. The lowest BCUT2D eigenvalue weighted by Gasteiger charge is -2.22. The van der Waals surface area contributed by atoms with Gasteiger partial charge in [-0.25, -0.2) is 0 Å². The van der Waals surface area contributed by atoms with Crippen LogP contribution in [0.15, 0.2) is 33.3 Å². The van der Waals surface area contributed by atoms with Crippen LogP contribution < -0.4 is 5.73 Å². The van der Waals surface area contributed by atoms with Crippen molar-refractivity contribution in [2.24, 2.45) is 5.73 Å². The Balaban J connectivity index is 2.34. The first-order chi connectivity index (χ1) is 8.41. The zero-order valence-corrected chi connectivity index (χ0v) is 11.7. The van der Waals surface area contributed by atoms with Gasteiger partial charge in [0.2, 0.25) is 11.7 Å². The largest absolute Gasteiger partial charge is 0.378 e. The molecule has 5 nitrogen and oxygen atoms in total. The van der Waals surface area contributed by atoms with Gasteiger partial charge in [0.25, 0.3) is 0 Å². The van der Waals surface area contributed by atoms with Gasteiger partial charge in [0.15, 0.2) is 0 Å². The fraction of sp³-hybridized carbons (Fsp3) is 0.333. The Morgan fingerprint density at radius 1 is 1.33 bits per heavy atom. The van der Waals surface area contributed by atoms with E-state index in [-0.39, 0.29) is 0 Å². The number of rotatable bonds is 3. The van der Waals surface area contributed by atoms with Crippen LogP contribution >= 0.6 is 15.9 Å². The Kier molecular flexibility index (Phi) is 3.52. The number of aromatic nitrogens is 2. The summed E-state index contributed by atoms with van der Waals surface area (Å²) < 4.78 is 6.14. The molecule has 0 aliphatic rings. The van der Waals surface area contributed by atoms with Crippen LogP contribution in [0.25, 0.3) is 11.4 Å². The van der Waals surface area contributed by atoms with Crippen LogP contribution in [0, 0.1) is 0 Å². The first kappa shape index (κ1) is 13.2. The summed E-state index contributed by atoms with van der Waals surface area (Å²) in [6, 6.07) is 7.55. The minimum absolute atomic E-state index is 0.315. The molecule has 6 heteroatoms. The van der Waals surface area contributed by atoms with Crippen LogP contribution in [0.2, 0.25) is 0 Å². The van der Waals surface area contributed by atoms with Gasteiger partial charge in [-0.1, -0.05) is 21.1 Å². The van der Waals surface area contributed by atoms with Crippen molar-refractivity contribution in [3.8, 4) is 11.4 Å². The Morgan fingerprint density at radius 3 is 2.50 bits per heavy atom. The maximum Gasteiger partial charge on any atom is 0.236 e. The fourth-order valence-corrected chi connectivity index (χ4v) is 1.59. The second kappa shape index (κ2) is 4.79. The summed E-state index contributed by atoms with van der Waals surface area (Å²) >= 11 is 3.36. The maximum absolute atomic E-state index is 9.49. The third-order valence-corrected chi connectivity index (χ3v) is 3.35. The van der Waals surface area contributed by atoms with Gasteiger partial charge in [-0.15, -0.1) is 0 Å². The van der Waals surface area contributed by atoms with Crippen LogP contribution in [0.3, 0.4) is 0 Å². The smallest absolute Gasteiger partial charge is 0.236 e. The van der Waals surface area contributed by atoms with Crippen molar-refractivity contribution in [1.82, 2.24) is 10.1 Å². The standard InChI is InChI=1S/C12H14BrN3O2/c1-12(2,10(14)17)11-15-9(16-18-11)7-3-5-8(13)6-4-7/h3-6,10,17H,14H2,1-2H3. The topological polar surface area (TPSA) is 85.2 Å². The number of hydrogen-bond donors (Lipinski definition) is 2. The van der Waals surface area contributed by atoms with Crippen LogP contribution in [0.1, 0.15) is 19.7 Å². The zero-order valence-electron chi connectivity index (χ0n) is 10.1. The highest BCUT2D eigenvalue weighted by Crippen LogP contribution is 2.26. The lowest BCUT2D eigenvalue weighted by molar-refractivity contribution is 0.0850. The van der Waals surface area contributed by atoms with Crippen molar-refractivity contribution >= 4 is 15.9 Å². The van der Waals surface area contributed by atoms with Gasteiger partial charge in [0, 0.05) is 10.0 Å². The highest BCUT2D eigenvalue weighted by molar-refractivity contribution is 9.10. The quantitative estimate of drug-likeness (QED) is 0.847. The lowest BCUT2D eigenvalue weighted by Crippen LogP contribution is -2.40. The van der Waals surface area contributed by atoms with E-state index >= 15 is 0 Å². The van der Waals surface area contributed by atoms with Crippen LogP contribution in [-0.4, -0.2) is 21.5 Å². The predicted octanol–water partition coefficient (Wildman–Crippen LogP) is 2.05. The molecule has 1 atom stereocenters. The fourth-order valence-electron chi connectivity index (χ4n) is 1.33. The highest BCUT2D eigenvalue weighted by Gasteiger charge is 2.33. The lowest BCUT2D eigenvalue weighted by atomic mass is 9.91. The van der Waals surface area contributed by atoms with Gasteiger partial charge in [0.05, 0.1) is 5.41 Å². The molecule has 2 rings (SSSR count). The van der Waals surface area contributed by atoms with Crippen molar-refractivity contribution in [3.05, 3.63) is 34.6 Å². The first-order valence-corrected chi connectivity index (χ1v) is 6.24. The zero-order chi connectivity index (χ0) is 13.3. The van der Waals surface area contributed by atoms with E-state index in [2.05, 4.69) is 26.1 Å². The number of halogens is 1. The molecule has 1 aromatic heterocycles. The van der Waals surface area contributed by atoms with Crippen molar-refractivity contribution in [3.63, 3.8) is 0 Å². The van der Waals surface area contributed by atoms with E-state index in [1.54, 1.807) is 13.8 Å². The van der Waals surface area contributed by atoms with E-state index in [1.807, 2.05) is 24.3 Å². The number of nitrogens with zero attached hydrogens (tertiary/aromatic N) is 2. The van der Waals surface area contributed by atoms with Gasteiger partial charge < -0.3 is 15.4 Å². The summed E-state index contributed by atoms with van der Waals surface area (Å²) in [7, 11) is 0. The summed E-state index contributed by atoms with van der Waals surface area (Å²) in [5, 5.41) is 13.4. The van der Waals surface area contributed by atoms with E-state index < -0.39 is 11.6 Å². The summed E-state index contributed by atoms with van der Waals surface area (Å²) in [6.07, 6.45) is -1.06. The Hall–Kier alpha value is -1.24. The van der Waals surface area contributed by atoms with Gasteiger partial charge in [-0.3, -0.25) is 0 Å². The Bertz CT molecular complexity index is 535. The molecule has 18 heavy (non-hydrogen) atoms. The molecule has 0 fully saturated rings. The van der Waals surface area contributed by atoms with Gasteiger partial charge >= 0.3 is 0 Å². The number of benzene rings is 1. The average Bonchev–Trinajstić information content (AvgIpc) is 2.79. The SMILES string of the molecule is CC(C)(c1nc(-c2ccc(Br)cc2)no1)C(N)O. The van der Waals surface area contributed by atoms with Crippen LogP contribution in [0.5, 0.6) is 0 Å². The molecule has 96 valence electrons. The maximum atomic E-state index is 9.49. The summed E-state index contributed by atoms with van der Waals surface area (Å²) in [6.45, 7) is 3.49. The second-order valence-corrected chi connectivity index (χ2v) is 5.51. The molecular formula is C12H14BrN3O2. The van der Waals surface area contributed by atoms with Gasteiger partial charge in [-0.2, -0.15) is 4.98 Å². The monoisotopic (exact) mass is 311 g/mol. The third-order valence-electron chi connectivity index (χ3n) is 2.82. The number of nitrogens with two attached hydrogens (primary N) is 1. The van der Waals surface area contributed by atoms with E-state index in [4.69, 9.17) is 10.3 Å². The number of hydrogen-bond acceptors (Lipinski definition) is 5. The Morgan fingerprint density at radius 2 is 1.94 bits per heavy atom. The molecule has 0 saturated heterocycles. The summed E-state index contributed by atoms with van der Waals surface area (Å²) in [5.41, 5.74) is 5.56. The van der Waals surface area contributed by atoms with Gasteiger partial charge in [-0.05, 0) is 38.1 Å². The summed E-state index contributed by atoms with van der Waals surface area (Å²) in [4.78, 5) is 4.27. The summed E-state index contributed by atoms with van der Waals surface area (Å²) in [5.74, 6) is 0.793. The van der Waals surface area contributed by atoms with Crippen molar-refractivity contribution < 1.29 is 9.63 Å². The van der Waals surface area contributed by atoms with E-state index in [1.165, 1.54) is 0 Å². The Labute approximate surface area is 113 Å². The van der Waals surface area contributed by atoms with E-state index in [0.29, 0.717) is 11.7 Å². The number of aliphatic hydroxyl groups excluding tert-OH is 1. The molecule has 3 N–H and O–H groups in total. The molecule has 1 unspecified atom stereocenters. The molecule has 0 amide bonds. The molecular weight excluding hydrogens is 298 g/mol. The third kappa shape index (κ3) is 2.45. The molecule has 0 aliphatic carbocycles. The van der Waals surface area contributed by atoms with E-state index in [9.17, 15) is 5.11 Å². The second-order valence-electron chi connectivity index (χ2n) is 4.60. The number of aliphatic hydroxyl groups is 1. The normalized spacial score (nSPS) is 13.6. The van der Waals surface area contributed by atoms with Crippen LogP contribution in [-0.2, 0) is 5.41 Å². The van der Waals surface area contributed by atoms with Gasteiger partial charge in [0.1, 0.15) is 6.23 Å². The van der Waals surface area contributed by atoms with Crippen molar-refractivity contribution in [2.45, 2.75) is 25.5 Å². The molecule has 1 aromatic carbocycles. The molecule has 0 bridgehead atoms. The highest BCUT2D eigenvalue weighted by atomic mass is 79.9. The molecule has 0 spiro atoms. The minimum atomic E-state index is -1.06. The van der Waals surface area contributed by atoms with Crippen molar-refractivity contribution in [1.29, 1.82) is 0 Å².